The normalized spacial score (nSPS) is 14.7. The van der Waals surface area contributed by atoms with Crippen LogP contribution in [0.1, 0.15) is 67.9 Å². The van der Waals surface area contributed by atoms with E-state index >= 15 is 0 Å². The molecule has 0 heterocycles. The molecule has 0 bridgehead atoms. The summed E-state index contributed by atoms with van der Waals surface area (Å²) in [5, 5.41) is 12.3. The van der Waals surface area contributed by atoms with Crippen LogP contribution < -0.4 is 5.32 Å². The number of amides is 3. The molecule has 2 N–H and O–H groups in total. The summed E-state index contributed by atoms with van der Waals surface area (Å²) < 4.78 is 5.52. The van der Waals surface area contributed by atoms with Crippen molar-refractivity contribution in [2.45, 2.75) is 92.5 Å². The summed E-state index contributed by atoms with van der Waals surface area (Å²) in [4.78, 5) is 54.7. The number of carbonyl (C=O) groups excluding carboxylic acids is 3. The molecule has 9 nitrogen and oxygen atoms in total. The molecule has 0 unspecified atom stereocenters. The Bertz CT molecular complexity index is 1040. The molecule has 0 aliphatic heterocycles. The van der Waals surface area contributed by atoms with Gasteiger partial charge in [-0.25, -0.2) is 9.59 Å². The van der Waals surface area contributed by atoms with Gasteiger partial charge in [-0.2, -0.15) is 0 Å². The van der Waals surface area contributed by atoms with E-state index < -0.39 is 47.1 Å². The summed E-state index contributed by atoms with van der Waals surface area (Å²) in [5.41, 5.74) is -0.459. The minimum Gasteiger partial charge on any atom is -0.478 e. The van der Waals surface area contributed by atoms with E-state index in [1.807, 2.05) is 65.0 Å². The Morgan fingerprint density at radius 2 is 1.51 bits per heavy atom. The largest absolute Gasteiger partial charge is 0.478 e. The van der Waals surface area contributed by atoms with Crippen molar-refractivity contribution in [3.05, 3.63) is 47.5 Å². The van der Waals surface area contributed by atoms with Gasteiger partial charge in [0.1, 0.15) is 17.7 Å². The van der Waals surface area contributed by atoms with Crippen LogP contribution in [0.3, 0.4) is 0 Å². The van der Waals surface area contributed by atoms with Gasteiger partial charge in [0.2, 0.25) is 11.8 Å². The Kier molecular flexibility index (Phi) is 11.8. The van der Waals surface area contributed by atoms with Gasteiger partial charge in [0.15, 0.2) is 0 Å². The number of carboxylic acid groups (broad SMARTS) is 1. The van der Waals surface area contributed by atoms with Crippen molar-refractivity contribution in [1.29, 1.82) is 0 Å². The second kappa shape index (κ2) is 13.6. The van der Waals surface area contributed by atoms with Crippen LogP contribution in [-0.2, 0) is 25.5 Å². The highest BCUT2D eigenvalue weighted by atomic mass is 16.6. The van der Waals surface area contributed by atoms with Crippen LogP contribution in [0.4, 0.5) is 4.79 Å². The SMILES string of the molecule is C/C(=C\[C@H](C(C)C)N(C)C(=O)[C@@H](NC(=O)[C@H](Cc1ccccc1)N(C)C(=O)OC(C)(C)C)C(C)(C)C)C(=O)O. The predicted molar refractivity (Wildman–Crippen MR) is 152 cm³/mol. The molecule has 0 saturated carbocycles. The summed E-state index contributed by atoms with van der Waals surface area (Å²) >= 11 is 0. The average molecular weight is 546 g/mol. The fraction of sp³-hybridized carbons (Fsp3) is 0.600. The molecule has 0 spiro atoms. The second-order valence-electron chi connectivity index (χ2n) is 12.4. The quantitative estimate of drug-likeness (QED) is 0.418. The first-order chi connectivity index (χ1) is 17.8. The van der Waals surface area contributed by atoms with Crippen molar-refractivity contribution >= 4 is 23.9 Å². The van der Waals surface area contributed by atoms with Gasteiger partial charge >= 0.3 is 12.1 Å². The lowest BCUT2D eigenvalue weighted by atomic mass is 9.84. The summed E-state index contributed by atoms with van der Waals surface area (Å²) in [5.74, 6) is -1.99. The first-order valence-electron chi connectivity index (χ1n) is 13.2. The molecule has 0 aromatic heterocycles. The predicted octanol–water partition coefficient (Wildman–Crippen LogP) is 4.51. The number of benzene rings is 1. The molecule has 1 rings (SSSR count). The number of carboxylic acids is 1. The highest BCUT2D eigenvalue weighted by Gasteiger charge is 2.39. The van der Waals surface area contributed by atoms with Crippen LogP contribution in [0, 0.1) is 11.3 Å². The number of rotatable bonds is 10. The topological polar surface area (TPSA) is 116 Å². The van der Waals surface area contributed by atoms with Gasteiger partial charge in [0.25, 0.3) is 0 Å². The van der Waals surface area contributed by atoms with Gasteiger partial charge in [0.05, 0.1) is 6.04 Å². The maximum Gasteiger partial charge on any atom is 0.410 e. The highest BCUT2D eigenvalue weighted by molar-refractivity contribution is 5.92. The second-order valence-corrected chi connectivity index (χ2v) is 12.4. The lowest BCUT2D eigenvalue weighted by molar-refractivity contribution is -0.141. The Hall–Kier alpha value is -3.36. The van der Waals surface area contributed by atoms with Crippen LogP contribution >= 0.6 is 0 Å². The number of hydrogen-bond donors (Lipinski definition) is 2. The van der Waals surface area contributed by atoms with E-state index in [2.05, 4.69) is 5.32 Å². The number of ether oxygens (including phenoxy) is 1. The minimum absolute atomic E-state index is 0.0753. The maximum absolute atomic E-state index is 13.8. The van der Waals surface area contributed by atoms with Crippen molar-refractivity contribution in [2.75, 3.05) is 14.1 Å². The zero-order chi connectivity index (χ0) is 30.3. The molecule has 0 aliphatic carbocycles. The van der Waals surface area contributed by atoms with E-state index in [1.54, 1.807) is 33.9 Å². The molecular weight excluding hydrogens is 498 g/mol. The van der Waals surface area contributed by atoms with Crippen molar-refractivity contribution in [2.24, 2.45) is 11.3 Å². The smallest absolute Gasteiger partial charge is 0.410 e. The lowest BCUT2D eigenvalue weighted by Gasteiger charge is -2.38. The van der Waals surface area contributed by atoms with E-state index in [-0.39, 0.29) is 23.8 Å². The van der Waals surface area contributed by atoms with Crippen molar-refractivity contribution in [3.63, 3.8) is 0 Å². The van der Waals surface area contributed by atoms with E-state index in [4.69, 9.17) is 4.74 Å². The van der Waals surface area contributed by atoms with Gasteiger partial charge in [-0.1, -0.05) is 71.0 Å². The van der Waals surface area contributed by atoms with Gasteiger partial charge in [-0.3, -0.25) is 14.5 Å². The zero-order valence-corrected chi connectivity index (χ0v) is 25.4. The first kappa shape index (κ1) is 33.7. The van der Waals surface area contributed by atoms with Gasteiger partial charge in [-0.05, 0) is 44.6 Å². The first-order valence-corrected chi connectivity index (χ1v) is 13.2. The Morgan fingerprint density at radius 3 is 1.95 bits per heavy atom. The van der Waals surface area contributed by atoms with E-state index in [9.17, 15) is 24.3 Å². The fourth-order valence-corrected chi connectivity index (χ4v) is 4.02. The van der Waals surface area contributed by atoms with Crippen LogP contribution in [-0.4, -0.2) is 76.6 Å². The molecule has 1 aromatic carbocycles. The minimum atomic E-state index is -1.06. The van der Waals surface area contributed by atoms with E-state index in [0.29, 0.717) is 0 Å². The Balaban J connectivity index is 3.39. The third-order valence-corrected chi connectivity index (χ3v) is 6.36. The molecule has 3 amide bonds. The van der Waals surface area contributed by atoms with Crippen LogP contribution in [0.5, 0.6) is 0 Å². The standard InChI is InChI=1S/C30H47N3O6/c1-19(2)22(17-20(3)27(36)37)32(10)26(35)24(29(4,5)6)31-25(34)23(18-21-15-13-12-14-16-21)33(11)28(38)39-30(7,8)9/h12-17,19,22-24H,18H2,1-11H3,(H,31,34)(H,36,37)/b20-17+/t22-,23+,24-/m1/s1. The Morgan fingerprint density at radius 1 is 0.974 bits per heavy atom. The molecule has 1 aromatic rings. The summed E-state index contributed by atoms with van der Waals surface area (Å²) in [6, 6.07) is 6.92. The number of aliphatic carboxylic acids is 1. The number of carbonyl (C=O) groups is 4. The summed E-state index contributed by atoms with van der Waals surface area (Å²) in [7, 11) is 3.12. The molecule has 218 valence electrons. The molecule has 9 heteroatoms. The Labute approximate surface area is 233 Å². The van der Waals surface area contributed by atoms with Crippen LogP contribution in [0.15, 0.2) is 42.0 Å². The molecule has 0 saturated heterocycles. The third-order valence-electron chi connectivity index (χ3n) is 6.36. The van der Waals surface area contributed by atoms with Gasteiger partial charge in [-0.15, -0.1) is 0 Å². The van der Waals surface area contributed by atoms with Crippen molar-refractivity contribution in [3.8, 4) is 0 Å². The van der Waals surface area contributed by atoms with Crippen molar-refractivity contribution in [1.82, 2.24) is 15.1 Å². The highest BCUT2D eigenvalue weighted by Crippen LogP contribution is 2.24. The number of likely N-dealkylation sites (N-methyl/N-ethyl adjacent to an activating group) is 2. The third kappa shape index (κ3) is 10.4. The molecule has 39 heavy (non-hydrogen) atoms. The number of hydrogen-bond acceptors (Lipinski definition) is 5. The summed E-state index contributed by atoms with van der Waals surface area (Å²) in [6.07, 6.45) is 1.13. The lowest BCUT2D eigenvalue weighted by Crippen LogP contribution is -2.60. The molecule has 0 radical (unpaired) electrons. The van der Waals surface area contributed by atoms with Gasteiger partial charge < -0.3 is 20.1 Å². The molecule has 0 fully saturated rings. The van der Waals surface area contributed by atoms with Gasteiger partial charge in [0, 0.05) is 26.1 Å². The monoisotopic (exact) mass is 545 g/mol. The van der Waals surface area contributed by atoms with E-state index in [0.717, 1.165) is 5.56 Å². The van der Waals surface area contributed by atoms with Crippen LogP contribution in [0.2, 0.25) is 0 Å². The number of nitrogens with zero attached hydrogens (tertiary/aromatic N) is 2. The zero-order valence-electron chi connectivity index (χ0n) is 25.4. The molecule has 3 atom stereocenters. The molecular formula is C30H47N3O6. The van der Waals surface area contributed by atoms with Crippen LogP contribution in [0.25, 0.3) is 0 Å². The summed E-state index contributed by atoms with van der Waals surface area (Å²) in [6.45, 7) is 16.1. The number of nitrogens with one attached hydrogen (secondary N) is 1. The van der Waals surface area contributed by atoms with E-state index in [1.165, 1.54) is 23.8 Å². The maximum atomic E-state index is 13.8. The van der Waals surface area contributed by atoms with Crippen molar-refractivity contribution < 1.29 is 29.0 Å². The fourth-order valence-electron chi connectivity index (χ4n) is 4.02. The molecule has 0 aliphatic rings. The average Bonchev–Trinajstić information content (AvgIpc) is 2.81.